The van der Waals surface area contributed by atoms with E-state index >= 15 is 0 Å². The number of fused-ring (bicyclic) bond motifs is 1. The Morgan fingerprint density at radius 1 is 1.12 bits per heavy atom. The summed E-state index contributed by atoms with van der Waals surface area (Å²) in [6, 6.07) is 6.10. The number of aryl methyl sites for hydroxylation is 2. The van der Waals surface area contributed by atoms with E-state index in [1.807, 2.05) is 33.8 Å². The van der Waals surface area contributed by atoms with Crippen LogP contribution >= 0.6 is 0 Å². The lowest BCUT2D eigenvalue weighted by Gasteiger charge is -2.23. The molecule has 0 aliphatic rings. The van der Waals surface area contributed by atoms with Crippen LogP contribution in [0.25, 0.3) is 11.0 Å². The van der Waals surface area contributed by atoms with Gasteiger partial charge in [0.05, 0.1) is 0 Å². The highest BCUT2D eigenvalue weighted by molar-refractivity contribution is 5.84. The lowest BCUT2D eigenvalue weighted by molar-refractivity contribution is 0.0448. The van der Waals surface area contributed by atoms with Crippen LogP contribution in [-0.2, 0) is 0 Å². The highest BCUT2D eigenvalue weighted by Gasteiger charge is 2.27. The summed E-state index contributed by atoms with van der Waals surface area (Å²) in [4.78, 5) is 0. The maximum atomic E-state index is 10.2. The van der Waals surface area contributed by atoms with E-state index in [9.17, 15) is 5.11 Å². The third-order valence-electron chi connectivity index (χ3n) is 3.21. The van der Waals surface area contributed by atoms with Gasteiger partial charge in [-0.05, 0) is 36.5 Å². The van der Waals surface area contributed by atoms with Crippen molar-refractivity contribution in [3.8, 4) is 0 Å². The predicted molar refractivity (Wildman–Crippen MR) is 70.1 cm³/mol. The third kappa shape index (κ3) is 2.09. The Kier molecular flexibility index (Phi) is 2.78. The van der Waals surface area contributed by atoms with Gasteiger partial charge in [-0.25, -0.2) is 0 Å². The molecule has 0 fully saturated rings. The molecule has 0 bridgehead atoms. The van der Waals surface area contributed by atoms with Gasteiger partial charge in [0.15, 0.2) is 0 Å². The second-order valence-corrected chi connectivity index (χ2v) is 5.86. The first kappa shape index (κ1) is 12.2. The number of benzene rings is 1. The summed E-state index contributed by atoms with van der Waals surface area (Å²) < 4.78 is 5.82. The van der Waals surface area contributed by atoms with Crippen LogP contribution in [0, 0.1) is 19.3 Å². The number of hydrogen-bond donors (Lipinski definition) is 1. The molecular formula is C15H20O2. The largest absolute Gasteiger partial charge is 0.458 e. The molecule has 1 heterocycles. The quantitative estimate of drug-likeness (QED) is 0.802. The molecule has 1 N–H and O–H groups in total. The molecule has 92 valence electrons. The number of aliphatic hydroxyl groups is 1. The first-order valence-electron chi connectivity index (χ1n) is 5.98. The lowest BCUT2D eigenvalue weighted by Crippen LogP contribution is -2.17. The zero-order chi connectivity index (χ0) is 12.8. The third-order valence-corrected chi connectivity index (χ3v) is 3.21. The first-order chi connectivity index (χ1) is 7.80. The minimum atomic E-state index is -0.575. The predicted octanol–water partition coefficient (Wildman–Crippen LogP) is 4.13. The summed E-state index contributed by atoms with van der Waals surface area (Å²) in [5.74, 6) is 0.657. The molecule has 0 saturated carbocycles. The first-order valence-corrected chi connectivity index (χ1v) is 5.98. The van der Waals surface area contributed by atoms with Crippen LogP contribution in [0.4, 0.5) is 0 Å². The average molecular weight is 232 g/mol. The van der Waals surface area contributed by atoms with Crippen LogP contribution in [-0.4, -0.2) is 5.11 Å². The summed E-state index contributed by atoms with van der Waals surface area (Å²) in [5.41, 5.74) is 2.97. The van der Waals surface area contributed by atoms with Crippen LogP contribution in [0.5, 0.6) is 0 Å². The van der Waals surface area contributed by atoms with Gasteiger partial charge in [0, 0.05) is 5.39 Å². The highest BCUT2D eigenvalue weighted by Crippen LogP contribution is 2.36. The molecule has 1 unspecified atom stereocenters. The van der Waals surface area contributed by atoms with E-state index < -0.39 is 6.10 Å². The Morgan fingerprint density at radius 3 is 2.24 bits per heavy atom. The van der Waals surface area contributed by atoms with Crippen molar-refractivity contribution in [1.29, 1.82) is 0 Å². The van der Waals surface area contributed by atoms with Crippen molar-refractivity contribution < 1.29 is 9.52 Å². The van der Waals surface area contributed by atoms with Gasteiger partial charge in [-0.1, -0.05) is 32.9 Å². The minimum absolute atomic E-state index is 0.213. The molecule has 2 rings (SSSR count). The molecule has 1 atom stereocenters. The van der Waals surface area contributed by atoms with Gasteiger partial charge in [-0.3, -0.25) is 0 Å². The summed E-state index contributed by atoms with van der Waals surface area (Å²) in [6.45, 7) is 10.1. The fourth-order valence-corrected chi connectivity index (χ4v) is 1.97. The van der Waals surface area contributed by atoms with Crippen molar-refractivity contribution >= 4 is 11.0 Å². The lowest BCUT2D eigenvalue weighted by atomic mass is 9.87. The molecule has 17 heavy (non-hydrogen) atoms. The van der Waals surface area contributed by atoms with Crippen LogP contribution in [0.3, 0.4) is 0 Å². The molecule has 0 aliphatic carbocycles. The number of rotatable bonds is 1. The van der Waals surface area contributed by atoms with E-state index in [1.165, 1.54) is 5.56 Å². The van der Waals surface area contributed by atoms with Crippen LogP contribution in [0.1, 0.15) is 43.8 Å². The summed E-state index contributed by atoms with van der Waals surface area (Å²) in [7, 11) is 0. The molecule has 0 spiro atoms. The number of furan rings is 1. The van der Waals surface area contributed by atoms with Gasteiger partial charge in [-0.15, -0.1) is 0 Å². The van der Waals surface area contributed by atoms with Crippen LogP contribution < -0.4 is 0 Å². The van der Waals surface area contributed by atoms with Crippen molar-refractivity contribution in [3.63, 3.8) is 0 Å². The molecule has 0 radical (unpaired) electrons. The molecule has 2 nitrogen and oxygen atoms in total. The molecular weight excluding hydrogens is 212 g/mol. The summed E-state index contributed by atoms with van der Waals surface area (Å²) in [5, 5.41) is 11.3. The smallest absolute Gasteiger partial charge is 0.137 e. The molecule has 2 heteroatoms. The zero-order valence-electron chi connectivity index (χ0n) is 11.2. The summed E-state index contributed by atoms with van der Waals surface area (Å²) in [6.07, 6.45) is -0.575. The van der Waals surface area contributed by atoms with Gasteiger partial charge in [-0.2, -0.15) is 0 Å². The molecule has 2 aromatic rings. The van der Waals surface area contributed by atoms with Crippen LogP contribution in [0.2, 0.25) is 0 Å². The molecule has 0 saturated heterocycles. The average Bonchev–Trinajstić information content (AvgIpc) is 2.67. The van der Waals surface area contributed by atoms with Crippen molar-refractivity contribution in [2.24, 2.45) is 5.41 Å². The topological polar surface area (TPSA) is 33.4 Å². The molecule has 1 aromatic heterocycles. The van der Waals surface area contributed by atoms with E-state index in [-0.39, 0.29) is 5.41 Å². The fraction of sp³-hybridized carbons (Fsp3) is 0.467. The molecule has 0 amide bonds. The van der Waals surface area contributed by atoms with E-state index in [4.69, 9.17) is 4.42 Å². The van der Waals surface area contributed by atoms with E-state index in [2.05, 4.69) is 19.1 Å². The molecule has 0 aliphatic heterocycles. The van der Waals surface area contributed by atoms with Crippen molar-refractivity contribution in [2.45, 2.75) is 40.7 Å². The second kappa shape index (κ2) is 3.88. The van der Waals surface area contributed by atoms with Gasteiger partial charge in [0.25, 0.3) is 0 Å². The molecule has 1 aromatic carbocycles. The minimum Gasteiger partial charge on any atom is -0.458 e. The van der Waals surface area contributed by atoms with E-state index in [0.29, 0.717) is 5.76 Å². The Morgan fingerprint density at radius 2 is 1.71 bits per heavy atom. The number of hydrogen-bond acceptors (Lipinski definition) is 2. The fourth-order valence-electron chi connectivity index (χ4n) is 1.97. The van der Waals surface area contributed by atoms with Crippen molar-refractivity contribution in [1.82, 2.24) is 0 Å². The second-order valence-electron chi connectivity index (χ2n) is 5.86. The highest BCUT2D eigenvalue weighted by atomic mass is 16.4. The standard InChI is InChI=1S/C15H20O2/c1-9-6-7-10(2)13-11(9)8-12(17-13)14(16)15(3,4)5/h6-8,14,16H,1-5H3. The Hall–Kier alpha value is -1.28. The van der Waals surface area contributed by atoms with Gasteiger partial charge in [0.1, 0.15) is 17.4 Å². The van der Waals surface area contributed by atoms with Gasteiger partial charge >= 0.3 is 0 Å². The number of aliphatic hydroxyl groups excluding tert-OH is 1. The zero-order valence-corrected chi connectivity index (χ0v) is 11.2. The van der Waals surface area contributed by atoms with Crippen LogP contribution in [0.15, 0.2) is 22.6 Å². The van der Waals surface area contributed by atoms with Crippen molar-refractivity contribution in [2.75, 3.05) is 0 Å². The maximum absolute atomic E-state index is 10.2. The summed E-state index contributed by atoms with van der Waals surface area (Å²) >= 11 is 0. The van der Waals surface area contributed by atoms with Crippen molar-refractivity contribution in [3.05, 3.63) is 35.1 Å². The normalized spacial score (nSPS) is 14.2. The monoisotopic (exact) mass is 232 g/mol. The Bertz CT molecular complexity index is 505. The Balaban J connectivity index is 2.59. The van der Waals surface area contributed by atoms with Gasteiger partial charge < -0.3 is 9.52 Å². The van der Waals surface area contributed by atoms with Gasteiger partial charge in [0.2, 0.25) is 0 Å². The van der Waals surface area contributed by atoms with E-state index in [0.717, 1.165) is 16.5 Å². The van der Waals surface area contributed by atoms with E-state index in [1.54, 1.807) is 0 Å². The Labute approximate surface area is 102 Å². The maximum Gasteiger partial charge on any atom is 0.137 e. The SMILES string of the molecule is Cc1ccc(C)c2oc(C(O)C(C)(C)C)cc12.